The first-order valence-corrected chi connectivity index (χ1v) is 11.1. The van der Waals surface area contributed by atoms with E-state index in [1.54, 1.807) is 6.20 Å². The monoisotopic (exact) mass is 425 g/mol. The van der Waals surface area contributed by atoms with Gasteiger partial charge in [-0.3, -0.25) is 9.78 Å². The molecule has 162 valence electrons. The maximum absolute atomic E-state index is 13.1. The zero-order chi connectivity index (χ0) is 22.1. The summed E-state index contributed by atoms with van der Waals surface area (Å²) < 4.78 is 0. The third-order valence-corrected chi connectivity index (χ3v) is 6.30. The maximum atomic E-state index is 13.1. The van der Waals surface area contributed by atoms with E-state index in [1.807, 2.05) is 48.4 Å². The fourth-order valence-corrected chi connectivity index (χ4v) is 4.64. The first-order valence-electron chi connectivity index (χ1n) is 11.1. The highest BCUT2D eigenvalue weighted by Crippen LogP contribution is 2.30. The van der Waals surface area contributed by atoms with Crippen molar-refractivity contribution in [2.75, 3.05) is 18.8 Å². The highest BCUT2D eigenvalue weighted by molar-refractivity contribution is 5.89. The van der Waals surface area contributed by atoms with Crippen LogP contribution in [0.3, 0.4) is 0 Å². The maximum Gasteiger partial charge on any atom is 0.227 e. The van der Waals surface area contributed by atoms with Crippen LogP contribution in [-0.4, -0.2) is 38.8 Å². The van der Waals surface area contributed by atoms with Crippen molar-refractivity contribution in [2.45, 2.75) is 32.1 Å². The topological polar surface area (TPSA) is 87.9 Å². The van der Waals surface area contributed by atoms with Gasteiger partial charge in [-0.05, 0) is 61.2 Å². The molecule has 1 aromatic carbocycles. The molecule has 1 atom stereocenters. The Bertz CT molecular complexity index is 1260. The minimum atomic E-state index is 0.176. The molecule has 0 radical (unpaired) electrons. The zero-order valence-electron chi connectivity index (χ0n) is 18.2. The van der Waals surface area contributed by atoms with Gasteiger partial charge in [-0.2, -0.15) is 0 Å². The molecule has 3 N–H and O–H groups in total. The Balaban J connectivity index is 1.34. The standard InChI is InChI=1S/C26H27N5O/c1-17-11-20(18-8-9-25(27)29-14-18)12-24(30-17)19-5-4-10-31(16-19)26(32)13-21-15-28-23-7-3-2-6-22(21)23/h2-3,6-9,11-12,14-15,19,28H,4-5,10,13,16H2,1H3,(H2,27,29)/t19-/m1/s1. The zero-order valence-corrected chi connectivity index (χ0v) is 18.2. The summed E-state index contributed by atoms with van der Waals surface area (Å²) in [7, 11) is 0. The molecular weight excluding hydrogens is 398 g/mol. The number of pyridine rings is 2. The predicted octanol–water partition coefficient (Wildman–Crippen LogP) is 4.46. The summed E-state index contributed by atoms with van der Waals surface area (Å²) in [6, 6.07) is 16.1. The minimum Gasteiger partial charge on any atom is -0.384 e. The number of anilines is 1. The second-order valence-corrected chi connectivity index (χ2v) is 8.61. The number of para-hydroxylation sites is 1. The van der Waals surface area contributed by atoms with Gasteiger partial charge in [0.2, 0.25) is 5.91 Å². The second-order valence-electron chi connectivity index (χ2n) is 8.61. The third kappa shape index (κ3) is 4.08. The number of fused-ring (bicyclic) bond motifs is 1. The van der Waals surface area contributed by atoms with Gasteiger partial charge in [0.05, 0.1) is 6.42 Å². The number of aryl methyl sites for hydroxylation is 1. The van der Waals surface area contributed by atoms with Crippen LogP contribution in [0.4, 0.5) is 5.82 Å². The van der Waals surface area contributed by atoms with E-state index in [1.165, 1.54) is 0 Å². The summed E-state index contributed by atoms with van der Waals surface area (Å²) in [6.07, 6.45) is 6.19. The number of nitrogens with one attached hydrogen (secondary N) is 1. The number of nitrogen functional groups attached to an aromatic ring is 1. The summed E-state index contributed by atoms with van der Waals surface area (Å²) in [4.78, 5) is 27.5. The van der Waals surface area contributed by atoms with Crippen molar-refractivity contribution in [1.82, 2.24) is 19.9 Å². The van der Waals surface area contributed by atoms with Crippen LogP contribution in [-0.2, 0) is 11.2 Å². The molecule has 1 aliphatic rings. The van der Waals surface area contributed by atoms with E-state index in [9.17, 15) is 4.79 Å². The summed E-state index contributed by atoms with van der Waals surface area (Å²) in [5, 5.41) is 1.12. The van der Waals surface area contributed by atoms with Crippen LogP contribution in [0.15, 0.2) is 60.9 Å². The second kappa shape index (κ2) is 8.46. The number of nitrogens with two attached hydrogens (primary N) is 1. The number of carbonyl (C=O) groups is 1. The van der Waals surface area contributed by atoms with Crippen molar-refractivity contribution in [3.05, 3.63) is 77.9 Å². The molecule has 1 amide bonds. The van der Waals surface area contributed by atoms with Gasteiger partial charge in [0, 0.05) is 59.3 Å². The SMILES string of the molecule is Cc1cc(-c2ccc(N)nc2)cc([C@@H]2CCCN(C(=O)Cc3c[nH]c4ccccc34)C2)n1. The van der Waals surface area contributed by atoms with Gasteiger partial charge in [-0.15, -0.1) is 0 Å². The van der Waals surface area contributed by atoms with E-state index < -0.39 is 0 Å². The molecule has 0 spiro atoms. The average Bonchev–Trinajstić information content (AvgIpc) is 3.22. The Morgan fingerprint density at radius 1 is 1.19 bits per heavy atom. The number of nitrogens with zero attached hydrogens (tertiary/aromatic N) is 3. The number of rotatable bonds is 4. The van der Waals surface area contributed by atoms with E-state index in [2.05, 4.69) is 28.2 Å². The van der Waals surface area contributed by atoms with Crippen LogP contribution in [0.5, 0.6) is 0 Å². The molecule has 4 aromatic rings. The minimum absolute atomic E-state index is 0.176. The Morgan fingerprint density at radius 2 is 2.06 bits per heavy atom. The number of aromatic amines is 1. The number of aromatic nitrogens is 3. The molecule has 0 unspecified atom stereocenters. The Kier molecular flexibility index (Phi) is 5.35. The quantitative estimate of drug-likeness (QED) is 0.505. The van der Waals surface area contributed by atoms with Crippen molar-refractivity contribution in [1.29, 1.82) is 0 Å². The van der Waals surface area contributed by atoms with Crippen molar-refractivity contribution in [2.24, 2.45) is 0 Å². The molecule has 5 rings (SSSR count). The van der Waals surface area contributed by atoms with Crippen molar-refractivity contribution < 1.29 is 4.79 Å². The summed E-state index contributed by atoms with van der Waals surface area (Å²) in [6.45, 7) is 3.52. The third-order valence-electron chi connectivity index (χ3n) is 6.30. The molecule has 6 heteroatoms. The highest BCUT2D eigenvalue weighted by atomic mass is 16.2. The average molecular weight is 426 g/mol. The normalized spacial score (nSPS) is 16.4. The smallest absolute Gasteiger partial charge is 0.227 e. The number of carbonyl (C=O) groups excluding carboxylic acids is 1. The van der Waals surface area contributed by atoms with E-state index in [0.717, 1.165) is 58.4 Å². The van der Waals surface area contributed by atoms with Crippen LogP contribution >= 0.6 is 0 Å². The van der Waals surface area contributed by atoms with Crippen molar-refractivity contribution in [3.63, 3.8) is 0 Å². The molecule has 1 aliphatic heterocycles. The number of hydrogen-bond acceptors (Lipinski definition) is 4. The largest absolute Gasteiger partial charge is 0.384 e. The molecule has 1 fully saturated rings. The van der Waals surface area contributed by atoms with Gasteiger partial charge in [0.25, 0.3) is 0 Å². The van der Waals surface area contributed by atoms with E-state index >= 15 is 0 Å². The fourth-order valence-electron chi connectivity index (χ4n) is 4.64. The van der Waals surface area contributed by atoms with Gasteiger partial charge in [-0.1, -0.05) is 18.2 Å². The molecule has 32 heavy (non-hydrogen) atoms. The lowest BCUT2D eigenvalue weighted by Gasteiger charge is -2.33. The predicted molar refractivity (Wildman–Crippen MR) is 127 cm³/mol. The molecule has 0 aliphatic carbocycles. The molecule has 0 saturated carbocycles. The Labute approximate surface area is 187 Å². The molecule has 4 heterocycles. The molecule has 6 nitrogen and oxygen atoms in total. The Hall–Kier alpha value is -3.67. The van der Waals surface area contributed by atoms with Crippen LogP contribution in [0.1, 0.15) is 35.7 Å². The Morgan fingerprint density at radius 3 is 2.91 bits per heavy atom. The summed E-state index contributed by atoms with van der Waals surface area (Å²) in [5.74, 6) is 0.919. The van der Waals surface area contributed by atoms with Crippen LogP contribution in [0, 0.1) is 6.92 Å². The van der Waals surface area contributed by atoms with Gasteiger partial charge < -0.3 is 15.6 Å². The molecule has 3 aromatic heterocycles. The van der Waals surface area contributed by atoms with E-state index in [0.29, 0.717) is 18.8 Å². The van der Waals surface area contributed by atoms with Crippen LogP contribution in [0.2, 0.25) is 0 Å². The first kappa shape index (κ1) is 20.2. The lowest BCUT2D eigenvalue weighted by molar-refractivity contribution is -0.131. The first-order chi connectivity index (χ1) is 15.6. The van der Waals surface area contributed by atoms with Gasteiger partial charge in [0.15, 0.2) is 0 Å². The lowest BCUT2D eigenvalue weighted by Crippen LogP contribution is -2.40. The number of hydrogen-bond donors (Lipinski definition) is 2. The van der Waals surface area contributed by atoms with E-state index in [4.69, 9.17) is 10.7 Å². The lowest BCUT2D eigenvalue weighted by atomic mass is 9.92. The number of piperidine rings is 1. The number of H-pyrrole nitrogens is 1. The summed E-state index contributed by atoms with van der Waals surface area (Å²) in [5.41, 5.74) is 12.0. The van der Waals surface area contributed by atoms with Gasteiger partial charge >= 0.3 is 0 Å². The van der Waals surface area contributed by atoms with Gasteiger partial charge in [-0.25, -0.2) is 4.98 Å². The molecular formula is C26H27N5O. The van der Waals surface area contributed by atoms with Crippen LogP contribution < -0.4 is 5.73 Å². The van der Waals surface area contributed by atoms with Crippen LogP contribution in [0.25, 0.3) is 22.0 Å². The van der Waals surface area contributed by atoms with E-state index in [-0.39, 0.29) is 11.8 Å². The van der Waals surface area contributed by atoms with Gasteiger partial charge in [0.1, 0.15) is 5.82 Å². The molecule has 0 bridgehead atoms. The number of amides is 1. The molecule has 1 saturated heterocycles. The number of likely N-dealkylation sites (tertiary alicyclic amines) is 1. The fraction of sp³-hybridized carbons (Fsp3) is 0.269. The summed E-state index contributed by atoms with van der Waals surface area (Å²) >= 11 is 0. The highest BCUT2D eigenvalue weighted by Gasteiger charge is 2.26. The van der Waals surface area contributed by atoms with Crippen molar-refractivity contribution in [3.8, 4) is 11.1 Å². The number of benzene rings is 1. The van der Waals surface area contributed by atoms with Crippen molar-refractivity contribution >= 4 is 22.6 Å².